The van der Waals surface area contributed by atoms with Gasteiger partial charge >= 0.3 is 12.2 Å². The van der Waals surface area contributed by atoms with Crippen molar-refractivity contribution in [2.24, 2.45) is 5.73 Å². The zero-order chi connectivity index (χ0) is 28.0. The lowest BCUT2D eigenvalue weighted by atomic mass is 9.98. The third-order valence-electron chi connectivity index (χ3n) is 5.79. The molecule has 3 aromatic rings. The standard InChI is InChI=1S/C26H28ClF4N3O4/c1-3-5-6-7-10-33-25(36)34-14-18(16-8-9-17(24(32)35)23(28)22(16)27)21-19(26(29,30)31)12-15(13-20(21)34)38-37-11-4-2/h8-9,12-14H,3-7,10-11H2,1-2H3,(H2,32,35)(H,33,36). The van der Waals surface area contributed by atoms with Gasteiger partial charge in [-0.2, -0.15) is 18.1 Å². The molecule has 0 aliphatic rings. The Hall–Kier alpha value is -3.31. The van der Waals surface area contributed by atoms with E-state index in [-0.39, 0.29) is 29.0 Å². The minimum absolute atomic E-state index is 0.130. The number of primary amides is 1. The molecule has 0 saturated heterocycles. The molecule has 3 N–H and O–H groups in total. The Bertz CT molecular complexity index is 1320. The molecule has 7 nitrogen and oxygen atoms in total. The molecule has 0 unspecified atom stereocenters. The molecule has 1 heterocycles. The maximum atomic E-state index is 14.8. The van der Waals surface area contributed by atoms with Gasteiger partial charge in [-0.05, 0) is 25.0 Å². The van der Waals surface area contributed by atoms with Gasteiger partial charge in [-0.1, -0.05) is 50.8 Å². The molecule has 1 aromatic heterocycles. The molecule has 3 rings (SSSR count). The van der Waals surface area contributed by atoms with Gasteiger partial charge in [0, 0.05) is 35.3 Å². The number of aromatic nitrogens is 1. The monoisotopic (exact) mass is 557 g/mol. The van der Waals surface area contributed by atoms with E-state index >= 15 is 0 Å². The summed E-state index contributed by atoms with van der Waals surface area (Å²) in [5.74, 6) is -2.55. The van der Waals surface area contributed by atoms with E-state index in [0.29, 0.717) is 19.4 Å². The fourth-order valence-electron chi connectivity index (χ4n) is 3.95. The quantitative estimate of drug-likeness (QED) is 0.114. The van der Waals surface area contributed by atoms with Crippen molar-refractivity contribution < 1.29 is 36.9 Å². The van der Waals surface area contributed by atoms with Crippen molar-refractivity contribution in [3.05, 3.63) is 52.4 Å². The minimum atomic E-state index is -4.89. The van der Waals surface area contributed by atoms with Gasteiger partial charge in [0.15, 0.2) is 11.6 Å². The Morgan fingerprint density at radius 1 is 1.08 bits per heavy atom. The van der Waals surface area contributed by atoms with Gasteiger partial charge < -0.3 is 15.9 Å². The van der Waals surface area contributed by atoms with Gasteiger partial charge in [0.1, 0.15) is 0 Å². The summed E-state index contributed by atoms with van der Waals surface area (Å²) in [6.07, 6.45) is 0.339. The molecule has 206 valence electrons. The number of carbonyl (C=O) groups excluding carboxylic acids is 2. The number of hydrogen-bond donors (Lipinski definition) is 2. The second-order valence-corrected chi connectivity index (χ2v) is 9.00. The number of nitrogens with one attached hydrogen (secondary N) is 1. The summed E-state index contributed by atoms with van der Waals surface area (Å²) < 4.78 is 58.7. The molecular weight excluding hydrogens is 530 g/mol. The number of rotatable bonds is 11. The number of nitrogens with zero attached hydrogens (tertiary/aromatic N) is 1. The van der Waals surface area contributed by atoms with Crippen molar-refractivity contribution in [3.8, 4) is 16.9 Å². The first-order valence-corrected chi connectivity index (χ1v) is 12.5. The van der Waals surface area contributed by atoms with Crippen LogP contribution in [-0.4, -0.2) is 29.7 Å². The van der Waals surface area contributed by atoms with Crippen molar-refractivity contribution in [1.82, 2.24) is 9.88 Å². The van der Waals surface area contributed by atoms with Crippen LogP contribution in [0.5, 0.6) is 5.75 Å². The molecule has 12 heteroatoms. The number of benzene rings is 2. The molecule has 0 atom stereocenters. The third kappa shape index (κ3) is 6.39. The summed E-state index contributed by atoms with van der Waals surface area (Å²) in [5.41, 5.74) is 3.00. The van der Waals surface area contributed by atoms with Crippen LogP contribution in [0.4, 0.5) is 22.4 Å². The SMILES string of the molecule is CCCCCCNC(=O)n1cc(-c2ccc(C(N)=O)c(F)c2Cl)c2c(C(F)(F)F)cc(OOCCC)cc21. The van der Waals surface area contributed by atoms with Crippen LogP contribution in [0, 0.1) is 5.82 Å². The molecule has 0 aliphatic carbocycles. The summed E-state index contributed by atoms with van der Waals surface area (Å²) in [6, 6.07) is 3.48. The lowest BCUT2D eigenvalue weighted by Crippen LogP contribution is -2.28. The number of halogens is 5. The molecule has 0 saturated carbocycles. The van der Waals surface area contributed by atoms with Crippen LogP contribution in [0.25, 0.3) is 22.0 Å². The summed E-state index contributed by atoms with van der Waals surface area (Å²) in [5, 5.41) is 1.68. The Kier molecular flexibility index (Phi) is 9.61. The van der Waals surface area contributed by atoms with Crippen molar-refractivity contribution in [2.45, 2.75) is 52.1 Å². The van der Waals surface area contributed by atoms with Crippen LogP contribution in [0.1, 0.15) is 61.9 Å². The minimum Gasteiger partial charge on any atom is -0.366 e. The van der Waals surface area contributed by atoms with E-state index in [9.17, 15) is 27.2 Å². The predicted octanol–water partition coefficient (Wildman–Crippen LogP) is 7.08. The van der Waals surface area contributed by atoms with Crippen molar-refractivity contribution in [2.75, 3.05) is 13.2 Å². The maximum Gasteiger partial charge on any atom is 0.417 e. The second-order valence-electron chi connectivity index (χ2n) is 8.63. The Morgan fingerprint density at radius 3 is 2.45 bits per heavy atom. The number of nitrogens with two attached hydrogens (primary N) is 1. The average molecular weight is 558 g/mol. The van der Waals surface area contributed by atoms with Crippen LogP contribution in [0.15, 0.2) is 30.5 Å². The van der Waals surface area contributed by atoms with E-state index in [1.807, 2.05) is 6.92 Å². The van der Waals surface area contributed by atoms with Crippen LogP contribution in [0.2, 0.25) is 5.02 Å². The summed E-state index contributed by atoms with van der Waals surface area (Å²) >= 11 is 6.16. The second kappa shape index (κ2) is 12.5. The van der Waals surface area contributed by atoms with E-state index in [1.165, 1.54) is 12.1 Å². The first kappa shape index (κ1) is 29.2. The average Bonchev–Trinajstić information content (AvgIpc) is 3.23. The summed E-state index contributed by atoms with van der Waals surface area (Å²) in [4.78, 5) is 34.6. The molecule has 0 radical (unpaired) electrons. The van der Waals surface area contributed by atoms with Crippen molar-refractivity contribution in [3.63, 3.8) is 0 Å². The van der Waals surface area contributed by atoms with Gasteiger partial charge in [0.25, 0.3) is 5.91 Å². The van der Waals surface area contributed by atoms with E-state index in [2.05, 4.69) is 5.32 Å². The molecule has 2 aromatic carbocycles. The molecule has 2 amide bonds. The first-order chi connectivity index (χ1) is 18.0. The van der Waals surface area contributed by atoms with Gasteiger partial charge in [-0.15, -0.1) is 0 Å². The third-order valence-corrected chi connectivity index (χ3v) is 6.16. The lowest BCUT2D eigenvalue weighted by Gasteiger charge is -2.14. The zero-order valence-electron chi connectivity index (χ0n) is 20.9. The summed E-state index contributed by atoms with van der Waals surface area (Å²) in [6.45, 7) is 4.27. The highest BCUT2D eigenvalue weighted by molar-refractivity contribution is 6.34. The molecule has 0 aliphatic heterocycles. The number of unbranched alkanes of at least 4 members (excludes halogenated alkanes) is 3. The van der Waals surface area contributed by atoms with E-state index in [4.69, 9.17) is 27.1 Å². The van der Waals surface area contributed by atoms with Crippen molar-refractivity contribution >= 4 is 34.4 Å². The smallest absolute Gasteiger partial charge is 0.366 e. The van der Waals surface area contributed by atoms with E-state index in [0.717, 1.165) is 42.2 Å². The highest BCUT2D eigenvalue weighted by Gasteiger charge is 2.36. The molecule has 0 bridgehead atoms. The number of fused-ring (bicyclic) bond motifs is 1. The maximum absolute atomic E-state index is 14.8. The molecule has 0 fully saturated rings. The normalized spacial score (nSPS) is 11.7. The fourth-order valence-corrected chi connectivity index (χ4v) is 4.22. The number of carbonyl (C=O) groups is 2. The Labute approximate surface area is 221 Å². The number of alkyl halides is 3. The van der Waals surface area contributed by atoms with E-state index in [1.54, 1.807) is 6.92 Å². The Balaban J connectivity index is 2.24. The van der Waals surface area contributed by atoms with Crippen LogP contribution >= 0.6 is 11.6 Å². The topological polar surface area (TPSA) is 95.6 Å². The van der Waals surface area contributed by atoms with Gasteiger partial charge in [-0.25, -0.2) is 9.18 Å². The van der Waals surface area contributed by atoms with Gasteiger partial charge in [0.05, 0.1) is 28.3 Å². The zero-order valence-corrected chi connectivity index (χ0v) is 21.6. The van der Waals surface area contributed by atoms with E-state index < -0.39 is 45.5 Å². The fraction of sp³-hybridized carbons (Fsp3) is 0.385. The highest BCUT2D eigenvalue weighted by Crippen LogP contribution is 2.45. The molecule has 0 spiro atoms. The summed E-state index contributed by atoms with van der Waals surface area (Å²) in [7, 11) is 0. The Morgan fingerprint density at radius 2 is 1.82 bits per heavy atom. The largest absolute Gasteiger partial charge is 0.417 e. The van der Waals surface area contributed by atoms with Crippen molar-refractivity contribution in [1.29, 1.82) is 0 Å². The molecular formula is C26H28ClF4N3O4. The van der Waals surface area contributed by atoms with Crippen LogP contribution in [0.3, 0.4) is 0 Å². The first-order valence-electron chi connectivity index (χ1n) is 12.1. The number of hydrogen-bond acceptors (Lipinski definition) is 4. The van der Waals surface area contributed by atoms with Crippen LogP contribution < -0.4 is 15.9 Å². The highest BCUT2D eigenvalue weighted by atomic mass is 35.5. The molecule has 38 heavy (non-hydrogen) atoms. The predicted molar refractivity (Wildman–Crippen MR) is 136 cm³/mol. The van der Waals surface area contributed by atoms with Gasteiger partial charge in [-0.3, -0.25) is 9.36 Å². The van der Waals surface area contributed by atoms with Crippen LogP contribution in [-0.2, 0) is 11.1 Å². The lowest BCUT2D eigenvalue weighted by molar-refractivity contribution is -0.206. The number of amides is 2. The van der Waals surface area contributed by atoms with Gasteiger partial charge in [0.2, 0.25) is 0 Å².